The van der Waals surface area contributed by atoms with E-state index in [1.54, 1.807) is 17.4 Å². The number of nitrogens with zero attached hydrogens (tertiary/aromatic N) is 6. The first-order valence-electron chi connectivity index (χ1n) is 10.0. The van der Waals surface area contributed by atoms with Gasteiger partial charge in [0.15, 0.2) is 11.5 Å². The number of aromatic nitrogens is 4. The molecule has 1 aliphatic heterocycles. The van der Waals surface area contributed by atoms with Gasteiger partial charge in [-0.05, 0) is 29.6 Å². The number of carbonyl (C=O) groups is 1. The minimum absolute atomic E-state index is 0.00594. The molecule has 0 unspecified atom stereocenters. The van der Waals surface area contributed by atoms with E-state index >= 15 is 0 Å². The van der Waals surface area contributed by atoms with E-state index < -0.39 is 0 Å². The number of carbonyl (C=O) groups excluding carboxylic acids is 1. The molecule has 6 rings (SSSR count). The number of anilines is 1. The van der Waals surface area contributed by atoms with Gasteiger partial charge >= 0.3 is 0 Å². The Labute approximate surface area is 181 Å². The van der Waals surface area contributed by atoms with Crippen molar-refractivity contribution in [1.29, 1.82) is 0 Å². The molecule has 1 fully saturated rings. The average molecular weight is 430 g/mol. The number of piperazine rings is 1. The Kier molecular flexibility index (Phi) is 4.20. The molecule has 0 bridgehead atoms. The zero-order valence-corrected chi connectivity index (χ0v) is 17.3. The van der Waals surface area contributed by atoms with Gasteiger partial charge in [-0.2, -0.15) is 0 Å². The summed E-state index contributed by atoms with van der Waals surface area (Å²) < 4.78 is 7.10. The summed E-state index contributed by atoms with van der Waals surface area (Å²) in [6, 6.07) is 13.7. The van der Waals surface area contributed by atoms with Crippen LogP contribution in [0.1, 0.15) is 10.4 Å². The van der Waals surface area contributed by atoms with Crippen molar-refractivity contribution < 1.29 is 9.21 Å². The van der Waals surface area contributed by atoms with Crippen LogP contribution in [0.3, 0.4) is 0 Å². The van der Waals surface area contributed by atoms with E-state index in [0.717, 1.165) is 33.2 Å². The molecule has 0 atom stereocenters. The topological polar surface area (TPSA) is 79.8 Å². The lowest BCUT2D eigenvalue weighted by Gasteiger charge is -2.35. The van der Waals surface area contributed by atoms with Crippen LogP contribution in [0.5, 0.6) is 0 Å². The molecule has 5 heterocycles. The zero-order chi connectivity index (χ0) is 20.8. The van der Waals surface area contributed by atoms with Crippen LogP contribution in [0.15, 0.2) is 64.8 Å². The maximum atomic E-state index is 12.7. The Morgan fingerprint density at radius 1 is 1.00 bits per heavy atom. The van der Waals surface area contributed by atoms with Gasteiger partial charge in [-0.25, -0.2) is 9.38 Å². The number of rotatable bonds is 3. The van der Waals surface area contributed by atoms with E-state index in [-0.39, 0.29) is 5.91 Å². The van der Waals surface area contributed by atoms with Crippen LogP contribution in [-0.2, 0) is 0 Å². The van der Waals surface area contributed by atoms with E-state index in [0.29, 0.717) is 31.7 Å². The van der Waals surface area contributed by atoms with Gasteiger partial charge in [-0.3, -0.25) is 4.79 Å². The van der Waals surface area contributed by atoms with Gasteiger partial charge in [0.25, 0.3) is 5.91 Å². The van der Waals surface area contributed by atoms with Gasteiger partial charge in [0.05, 0.1) is 22.2 Å². The Bertz CT molecular complexity index is 1370. The first kappa shape index (κ1) is 18.1. The van der Waals surface area contributed by atoms with Crippen molar-refractivity contribution in [3.63, 3.8) is 0 Å². The highest BCUT2D eigenvalue weighted by Crippen LogP contribution is 2.30. The molecule has 9 heteroatoms. The first-order valence-corrected chi connectivity index (χ1v) is 10.9. The molecule has 8 nitrogen and oxygen atoms in total. The van der Waals surface area contributed by atoms with Crippen LogP contribution < -0.4 is 4.90 Å². The number of benzene rings is 1. The zero-order valence-electron chi connectivity index (χ0n) is 16.5. The molecule has 1 aromatic carbocycles. The van der Waals surface area contributed by atoms with Crippen molar-refractivity contribution in [2.24, 2.45) is 0 Å². The minimum Gasteiger partial charge on any atom is -0.472 e. The summed E-state index contributed by atoms with van der Waals surface area (Å²) in [6.45, 7) is 2.56. The quantitative estimate of drug-likeness (QED) is 0.435. The van der Waals surface area contributed by atoms with E-state index in [4.69, 9.17) is 9.40 Å². The highest BCUT2D eigenvalue weighted by molar-refractivity contribution is 7.13. The maximum absolute atomic E-state index is 12.7. The van der Waals surface area contributed by atoms with Gasteiger partial charge in [-0.1, -0.05) is 18.2 Å². The molecule has 0 N–H and O–H groups in total. The maximum Gasteiger partial charge on any atom is 0.257 e. The summed E-state index contributed by atoms with van der Waals surface area (Å²) in [4.78, 5) is 22.8. The average Bonchev–Trinajstić information content (AvgIpc) is 3.59. The molecule has 1 saturated heterocycles. The van der Waals surface area contributed by atoms with Gasteiger partial charge in [0.1, 0.15) is 6.26 Å². The second-order valence-corrected chi connectivity index (χ2v) is 8.33. The third-order valence-electron chi connectivity index (χ3n) is 5.59. The van der Waals surface area contributed by atoms with E-state index in [9.17, 15) is 4.79 Å². The van der Waals surface area contributed by atoms with Crippen molar-refractivity contribution in [2.75, 3.05) is 31.1 Å². The number of fused-ring (bicyclic) bond motifs is 3. The Hall–Kier alpha value is -3.72. The van der Waals surface area contributed by atoms with Gasteiger partial charge in [0.2, 0.25) is 5.95 Å². The van der Waals surface area contributed by atoms with Gasteiger partial charge < -0.3 is 14.2 Å². The summed E-state index contributed by atoms with van der Waals surface area (Å²) in [5.74, 6) is 1.58. The van der Waals surface area contributed by atoms with Gasteiger partial charge in [0, 0.05) is 31.6 Å². The third-order valence-corrected chi connectivity index (χ3v) is 6.45. The molecule has 154 valence electrons. The number of furan rings is 1. The molecule has 0 saturated carbocycles. The number of thiophene rings is 1. The van der Waals surface area contributed by atoms with Crippen molar-refractivity contribution >= 4 is 39.7 Å². The second kappa shape index (κ2) is 7.21. The highest BCUT2D eigenvalue weighted by atomic mass is 32.1. The highest BCUT2D eigenvalue weighted by Gasteiger charge is 2.27. The summed E-state index contributed by atoms with van der Waals surface area (Å²) in [5, 5.41) is 12.0. The number of para-hydroxylation sites is 1. The molecular formula is C22H18N6O2S. The number of hydrogen-bond acceptors (Lipinski definition) is 7. The molecule has 5 aromatic rings. The molecule has 1 amide bonds. The summed E-state index contributed by atoms with van der Waals surface area (Å²) in [7, 11) is 0. The van der Waals surface area contributed by atoms with Gasteiger partial charge in [-0.15, -0.1) is 21.5 Å². The predicted octanol–water partition coefficient (Wildman–Crippen LogP) is 3.56. The Balaban J connectivity index is 1.41. The molecule has 31 heavy (non-hydrogen) atoms. The van der Waals surface area contributed by atoms with Crippen LogP contribution >= 0.6 is 11.3 Å². The largest absolute Gasteiger partial charge is 0.472 e. The lowest BCUT2D eigenvalue weighted by molar-refractivity contribution is 0.0745. The predicted molar refractivity (Wildman–Crippen MR) is 118 cm³/mol. The van der Waals surface area contributed by atoms with Crippen LogP contribution in [0.25, 0.3) is 27.3 Å². The second-order valence-electron chi connectivity index (χ2n) is 7.38. The van der Waals surface area contributed by atoms with Crippen molar-refractivity contribution in [3.05, 3.63) is 65.9 Å². The fourth-order valence-electron chi connectivity index (χ4n) is 4.02. The van der Waals surface area contributed by atoms with Crippen LogP contribution in [0.4, 0.5) is 5.95 Å². The third kappa shape index (κ3) is 2.97. The monoisotopic (exact) mass is 430 g/mol. The molecule has 1 aliphatic rings. The number of hydrogen-bond donors (Lipinski definition) is 0. The minimum atomic E-state index is -0.00594. The molecule has 0 aliphatic carbocycles. The standard InChI is InChI=1S/C22H18N6O2S/c29-21(15-7-12-30-14-15)26-8-10-27(11-9-26)22-23-17-5-2-1-4-16(17)19-24-25-20(28(19)22)18-6-3-13-31-18/h1-7,12-14H,8-11H2. The summed E-state index contributed by atoms with van der Waals surface area (Å²) >= 11 is 1.63. The normalized spacial score (nSPS) is 14.6. The number of amides is 1. The smallest absolute Gasteiger partial charge is 0.257 e. The SMILES string of the molecule is O=C(c1ccoc1)N1CCN(c2nc3ccccc3c3nnc(-c4cccs4)n23)CC1. The van der Waals surface area contributed by atoms with E-state index in [2.05, 4.69) is 15.1 Å². The summed E-state index contributed by atoms with van der Waals surface area (Å²) in [6.07, 6.45) is 3.02. The first-order chi connectivity index (χ1) is 15.3. The molecular weight excluding hydrogens is 412 g/mol. The van der Waals surface area contributed by atoms with E-state index in [1.165, 1.54) is 12.5 Å². The van der Waals surface area contributed by atoms with Crippen molar-refractivity contribution in [2.45, 2.75) is 0 Å². The van der Waals surface area contributed by atoms with Crippen LogP contribution in [0.2, 0.25) is 0 Å². The van der Waals surface area contributed by atoms with Crippen LogP contribution in [0, 0.1) is 0 Å². The molecule has 0 radical (unpaired) electrons. The lowest BCUT2D eigenvalue weighted by Crippen LogP contribution is -2.49. The Morgan fingerprint density at radius 3 is 2.65 bits per heavy atom. The van der Waals surface area contributed by atoms with Crippen molar-refractivity contribution in [1.82, 2.24) is 24.5 Å². The fourth-order valence-corrected chi connectivity index (χ4v) is 4.72. The fraction of sp³-hybridized carbons (Fsp3) is 0.182. The molecule has 4 aromatic heterocycles. The summed E-state index contributed by atoms with van der Waals surface area (Å²) in [5.41, 5.74) is 2.26. The molecule has 0 spiro atoms. The van der Waals surface area contributed by atoms with Crippen LogP contribution in [-0.4, -0.2) is 56.6 Å². The van der Waals surface area contributed by atoms with Crippen molar-refractivity contribution in [3.8, 4) is 10.7 Å². The Morgan fingerprint density at radius 2 is 1.87 bits per heavy atom. The van der Waals surface area contributed by atoms with E-state index in [1.807, 2.05) is 51.1 Å². The lowest BCUT2D eigenvalue weighted by atomic mass is 10.2.